The summed E-state index contributed by atoms with van der Waals surface area (Å²) in [4.78, 5) is 15.3. The Balaban J connectivity index is 1.41. The topological polar surface area (TPSA) is 99.9 Å². The first-order valence-electron chi connectivity index (χ1n) is 11.4. The van der Waals surface area contributed by atoms with Gasteiger partial charge in [0.15, 0.2) is 0 Å². The summed E-state index contributed by atoms with van der Waals surface area (Å²) in [6.45, 7) is 1.07. The lowest BCUT2D eigenvalue weighted by Crippen LogP contribution is -2.36. The third kappa shape index (κ3) is 4.77. The zero-order valence-corrected chi connectivity index (χ0v) is 19.3. The van der Waals surface area contributed by atoms with E-state index in [1.165, 1.54) is 11.6 Å². The smallest absolute Gasteiger partial charge is 0.261 e. The number of nitrogens with one attached hydrogen (secondary N) is 1. The van der Waals surface area contributed by atoms with Crippen molar-refractivity contribution in [3.63, 3.8) is 0 Å². The SMILES string of the molecule is Cn1cc(Nc2cccc3c2CN(C(=O)c2c(O)cc(O)cc2OCc2ccccc2)CC3)cn1. The van der Waals surface area contributed by atoms with Crippen molar-refractivity contribution in [1.29, 1.82) is 0 Å². The largest absolute Gasteiger partial charge is 0.508 e. The van der Waals surface area contributed by atoms with E-state index in [9.17, 15) is 15.0 Å². The molecule has 0 fully saturated rings. The van der Waals surface area contributed by atoms with Crippen LogP contribution in [0.5, 0.6) is 17.2 Å². The summed E-state index contributed by atoms with van der Waals surface area (Å²) in [6, 6.07) is 18.1. The fourth-order valence-electron chi connectivity index (χ4n) is 4.32. The number of anilines is 2. The Morgan fingerprint density at radius 3 is 2.71 bits per heavy atom. The molecule has 3 aromatic carbocycles. The maximum absolute atomic E-state index is 13.6. The van der Waals surface area contributed by atoms with Crippen LogP contribution in [0.4, 0.5) is 11.4 Å². The lowest BCUT2D eigenvalue weighted by Gasteiger charge is -2.31. The van der Waals surface area contributed by atoms with Crippen LogP contribution in [0.1, 0.15) is 27.0 Å². The number of phenols is 2. The molecule has 0 unspecified atom stereocenters. The standard InChI is InChI=1S/C27H26N4O4/c1-30-15-20(14-28-30)29-23-9-5-8-19-10-11-31(16-22(19)23)27(34)26-24(33)12-21(32)13-25(26)35-17-18-6-3-2-4-7-18/h2-9,12-15,29,32-33H,10-11,16-17H2,1H3. The average Bonchev–Trinajstić information content (AvgIpc) is 3.27. The Kier molecular flexibility index (Phi) is 6.01. The van der Waals surface area contributed by atoms with Crippen molar-refractivity contribution in [3.05, 3.63) is 95.3 Å². The highest BCUT2D eigenvalue weighted by Gasteiger charge is 2.28. The monoisotopic (exact) mass is 470 g/mol. The molecule has 0 radical (unpaired) electrons. The molecule has 5 rings (SSSR count). The summed E-state index contributed by atoms with van der Waals surface area (Å²) in [5, 5.41) is 28.2. The van der Waals surface area contributed by atoms with Gasteiger partial charge in [-0.25, -0.2) is 0 Å². The summed E-state index contributed by atoms with van der Waals surface area (Å²) < 4.78 is 7.60. The van der Waals surface area contributed by atoms with Crippen LogP contribution < -0.4 is 10.1 Å². The van der Waals surface area contributed by atoms with Crippen molar-refractivity contribution in [1.82, 2.24) is 14.7 Å². The van der Waals surface area contributed by atoms with Gasteiger partial charge in [0.25, 0.3) is 5.91 Å². The first-order chi connectivity index (χ1) is 17.0. The summed E-state index contributed by atoms with van der Waals surface area (Å²) in [7, 11) is 1.85. The molecule has 0 spiro atoms. The van der Waals surface area contributed by atoms with E-state index >= 15 is 0 Å². The molecule has 2 heterocycles. The minimum atomic E-state index is -0.354. The molecule has 0 saturated heterocycles. The minimum absolute atomic E-state index is 0.0416. The summed E-state index contributed by atoms with van der Waals surface area (Å²) in [5.74, 6) is -0.698. The number of rotatable bonds is 6. The molecule has 0 aliphatic carbocycles. The number of benzene rings is 3. The van der Waals surface area contributed by atoms with E-state index in [0.29, 0.717) is 19.5 Å². The molecule has 1 amide bonds. The molecule has 1 aliphatic heterocycles. The van der Waals surface area contributed by atoms with Crippen LogP contribution in [-0.4, -0.2) is 37.3 Å². The number of ether oxygens (including phenoxy) is 1. The van der Waals surface area contributed by atoms with Crippen LogP contribution in [0, 0.1) is 0 Å². The third-order valence-corrected chi connectivity index (χ3v) is 6.06. The number of carbonyl (C=O) groups is 1. The zero-order valence-electron chi connectivity index (χ0n) is 19.3. The van der Waals surface area contributed by atoms with Crippen LogP contribution >= 0.6 is 0 Å². The Morgan fingerprint density at radius 2 is 1.94 bits per heavy atom. The van der Waals surface area contributed by atoms with Crippen LogP contribution in [0.3, 0.4) is 0 Å². The average molecular weight is 471 g/mol. The van der Waals surface area contributed by atoms with Gasteiger partial charge in [0, 0.05) is 44.2 Å². The van der Waals surface area contributed by atoms with Gasteiger partial charge in [0.05, 0.1) is 11.9 Å². The number of hydrogen-bond donors (Lipinski definition) is 3. The van der Waals surface area contributed by atoms with E-state index < -0.39 is 0 Å². The number of fused-ring (bicyclic) bond motifs is 1. The van der Waals surface area contributed by atoms with Crippen molar-refractivity contribution in [2.24, 2.45) is 7.05 Å². The lowest BCUT2D eigenvalue weighted by atomic mass is 9.97. The number of amides is 1. The first-order valence-corrected chi connectivity index (χ1v) is 11.4. The van der Waals surface area contributed by atoms with Crippen molar-refractivity contribution in [2.45, 2.75) is 19.6 Å². The number of aryl methyl sites for hydroxylation is 1. The minimum Gasteiger partial charge on any atom is -0.508 e. The Bertz CT molecular complexity index is 1370. The highest BCUT2D eigenvalue weighted by Crippen LogP contribution is 2.36. The van der Waals surface area contributed by atoms with E-state index in [-0.39, 0.29) is 35.3 Å². The number of phenolic OH excluding ortho intramolecular Hbond substituents is 2. The fraction of sp³-hybridized carbons (Fsp3) is 0.185. The highest BCUT2D eigenvalue weighted by atomic mass is 16.5. The predicted molar refractivity (Wildman–Crippen MR) is 132 cm³/mol. The maximum atomic E-state index is 13.6. The molecule has 8 nitrogen and oxygen atoms in total. The lowest BCUT2D eigenvalue weighted by molar-refractivity contribution is 0.0727. The summed E-state index contributed by atoms with van der Waals surface area (Å²) in [6.07, 6.45) is 4.31. The van der Waals surface area contributed by atoms with E-state index in [4.69, 9.17) is 4.74 Å². The Labute approximate surface area is 203 Å². The Morgan fingerprint density at radius 1 is 1.11 bits per heavy atom. The summed E-state index contributed by atoms with van der Waals surface area (Å²) >= 11 is 0. The second kappa shape index (κ2) is 9.42. The molecule has 3 N–H and O–H groups in total. The number of carbonyl (C=O) groups excluding carboxylic acids is 1. The van der Waals surface area contributed by atoms with E-state index in [1.807, 2.05) is 55.7 Å². The van der Waals surface area contributed by atoms with Gasteiger partial charge >= 0.3 is 0 Å². The van der Waals surface area contributed by atoms with Crippen LogP contribution in [0.25, 0.3) is 0 Å². The molecular formula is C27H26N4O4. The van der Waals surface area contributed by atoms with Crippen LogP contribution in [0.15, 0.2) is 73.1 Å². The third-order valence-electron chi connectivity index (χ3n) is 6.06. The number of aromatic nitrogens is 2. The summed E-state index contributed by atoms with van der Waals surface area (Å²) in [5.41, 5.74) is 4.90. The molecule has 35 heavy (non-hydrogen) atoms. The number of nitrogens with zero attached hydrogens (tertiary/aromatic N) is 3. The molecule has 1 aliphatic rings. The predicted octanol–water partition coefficient (Wildman–Crippen LogP) is 4.35. The van der Waals surface area contributed by atoms with Crippen molar-refractivity contribution >= 4 is 17.3 Å². The van der Waals surface area contributed by atoms with E-state index in [2.05, 4.69) is 16.5 Å². The van der Waals surface area contributed by atoms with Crippen molar-refractivity contribution in [2.75, 3.05) is 11.9 Å². The van der Waals surface area contributed by atoms with Gasteiger partial charge in [0.2, 0.25) is 0 Å². The maximum Gasteiger partial charge on any atom is 0.261 e. The number of hydrogen-bond acceptors (Lipinski definition) is 6. The van der Waals surface area contributed by atoms with Gasteiger partial charge in [-0.1, -0.05) is 42.5 Å². The second-order valence-corrected chi connectivity index (χ2v) is 8.56. The van der Waals surface area contributed by atoms with Gasteiger partial charge in [-0.05, 0) is 29.2 Å². The fourth-order valence-corrected chi connectivity index (χ4v) is 4.32. The molecule has 178 valence electrons. The molecule has 0 bridgehead atoms. The van der Waals surface area contributed by atoms with E-state index in [0.717, 1.165) is 28.6 Å². The molecule has 4 aromatic rings. The molecule has 1 aromatic heterocycles. The molecule has 0 saturated carbocycles. The normalized spacial score (nSPS) is 12.8. The van der Waals surface area contributed by atoms with Gasteiger partial charge in [-0.3, -0.25) is 9.48 Å². The van der Waals surface area contributed by atoms with Crippen LogP contribution in [-0.2, 0) is 26.6 Å². The molecular weight excluding hydrogens is 444 g/mol. The van der Waals surface area contributed by atoms with Gasteiger partial charge in [-0.15, -0.1) is 0 Å². The molecule has 0 atom stereocenters. The quantitative estimate of drug-likeness (QED) is 0.387. The van der Waals surface area contributed by atoms with Gasteiger partial charge < -0.3 is 25.2 Å². The van der Waals surface area contributed by atoms with Gasteiger partial charge in [-0.2, -0.15) is 5.10 Å². The van der Waals surface area contributed by atoms with Crippen LogP contribution in [0.2, 0.25) is 0 Å². The zero-order chi connectivity index (χ0) is 24.4. The number of aromatic hydroxyl groups is 2. The van der Waals surface area contributed by atoms with Crippen molar-refractivity contribution < 1.29 is 19.7 Å². The Hall–Kier alpha value is -4.46. The second-order valence-electron chi connectivity index (χ2n) is 8.56. The van der Waals surface area contributed by atoms with Crippen molar-refractivity contribution in [3.8, 4) is 17.2 Å². The van der Waals surface area contributed by atoms with Gasteiger partial charge in [0.1, 0.15) is 29.4 Å². The molecule has 8 heteroatoms. The van der Waals surface area contributed by atoms with E-state index in [1.54, 1.807) is 15.8 Å². The highest BCUT2D eigenvalue weighted by molar-refractivity contribution is 6.00. The first kappa shape index (κ1) is 22.3.